The van der Waals surface area contributed by atoms with Crippen LogP contribution in [0.25, 0.3) is 0 Å². The van der Waals surface area contributed by atoms with Gasteiger partial charge in [0.1, 0.15) is 33.4 Å². The minimum Gasteiger partial charge on any atom is -0.386 e. The number of hydrogen-bond acceptors (Lipinski definition) is 6. The highest BCUT2D eigenvalue weighted by molar-refractivity contribution is 7.93. The maximum atomic E-state index is 14.7. The Morgan fingerprint density at radius 3 is 2.36 bits per heavy atom. The van der Waals surface area contributed by atoms with Crippen LogP contribution >= 0.6 is 0 Å². The molecule has 2 aromatic rings. The Bertz CT molecular complexity index is 1230. The van der Waals surface area contributed by atoms with Crippen molar-refractivity contribution in [3.8, 4) is 0 Å². The van der Waals surface area contributed by atoms with Crippen molar-refractivity contribution in [3.63, 3.8) is 0 Å². The first-order chi connectivity index (χ1) is 15.1. The molecule has 0 unspecified atom stereocenters. The Kier molecular flexibility index (Phi) is 6.12. The number of Topliss-reactive ketones (excluding diaryl/α,β-unsaturated/α-hetero) is 1. The molecule has 1 aliphatic rings. The number of amidine groups is 1. The third kappa shape index (κ3) is 4.90. The van der Waals surface area contributed by atoms with E-state index >= 15 is 0 Å². The van der Waals surface area contributed by atoms with Crippen LogP contribution in [-0.2, 0) is 21.8 Å². The van der Waals surface area contributed by atoms with E-state index in [9.17, 15) is 35.2 Å². The summed E-state index contributed by atoms with van der Waals surface area (Å²) in [5.74, 6) is -3.68. The van der Waals surface area contributed by atoms with Crippen molar-refractivity contribution in [1.29, 1.82) is 0 Å². The second-order valence-electron chi connectivity index (χ2n) is 8.33. The Morgan fingerprint density at radius 1 is 1.15 bits per heavy atom. The smallest absolute Gasteiger partial charge is 0.386 e. The number of benzene rings is 1. The summed E-state index contributed by atoms with van der Waals surface area (Å²) in [7, 11) is -4.52. The Balaban J connectivity index is 2.00. The molecule has 178 valence electrons. The molecule has 0 saturated heterocycles. The molecule has 0 fully saturated rings. The number of sulfone groups is 1. The van der Waals surface area contributed by atoms with Gasteiger partial charge in [0.15, 0.2) is 15.6 Å². The fraction of sp³-hybridized carbons (Fsp3) is 0.381. The third-order valence-corrected chi connectivity index (χ3v) is 8.26. The Morgan fingerprint density at radius 2 is 1.82 bits per heavy atom. The fourth-order valence-corrected chi connectivity index (χ4v) is 5.76. The van der Waals surface area contributed by atoms with Crippen molar-refractivity contribution in [3.05, 3.63) is 65.0 Å². The number of hydrogen-bond donors (Lipinski definition) is 1. The zero-order chi connectivity index (χ0) is 24.8. The summed E-state index contributed by atoms with van der Waals surface area (Å²) in [5.41, 5.74) is 3.92. The van der Waals surface area contributed by atoms with Crippen LogP contribution in [0.4, 0.5) is 22.0 Å². The van der Waals surface area contributed by atoms with Gasteiger partial charge in [-0.15, -0.1) is 0 Å². The number of pyridine rings is 1. The molecule has 12 heteroatoms. The number of alkyl halides is 3. The molecular formula is C21H20F5N3O3S. The molecule has 1 aromatic carbocycles. The van der Waals surface area contributed by atoms with Crippen LogP contribution in [0.15, 0.2) is 41.5 Å². The lowest BCUT2D eigenvalue weighted by Gasteiger charge is -2.40. The maximum Gasteiger partial charge on any atom is 0.391 e. The van der Waals surface area contributed by atoms with Crippen LogP contribution in [0.3, 0.4) is 0 Å². The van der Waals surface area contributed by atoms with E-state index in [2.05, 4.69) is 9.98 Å². The van der Waals surface area contributed by atoms with Gasteiger partial charge in [0.25, 0.3) is 0 Å². The molecule has 0 aliphatic carbocycles. The Labute approximate surface area is 186 Å². The zero-order valence-corrected chi connectivity index (χ0v) is 18.4. The summed E-state index contributed by atoms with van der Waals surface area (Å²) in [4.78, 5) is 20.1. The molecule has 33 heavy (non-hydrogen) atoms. The van der Waals surface area contributed by atoms with Crippen LogP contribution in [-0.4, -0.2) is 41.7 Å². The number of ketones is 1. The van der Waals surface area contributed by atoms with Crippen molar-refractivity contribution in [2.24, 2.45) is 10.7 Å². The average Bonchev–Trinajstić information content (AvgIpc) is 2.67. The van der Waals surface area contributed by atoms with Gasteiger partial charge in [-0.25, -0.2) is 17.2 Å². The molecular weight excluding hydrogens is 469 g/mol. The number of nitrogens with two attached hydrogens (primary N) is 1. The lowest BCUT2D eigenvalue weighted by Crippen LogP contribution is -2.58. The molecule has 0 radical (unpaired) electrons. The van der Waals surface area contributed by atoms with Gasteiger partial charge in [0, 0.05) is 12.0 Å². The predicted molar refractivity (Wildman–Crippen MR) is 110 cm³/mol. The number of aliphatic imine (C=N–C) groups is 1. The number of carbonyl (C=O) groups is 1. The molecule has 0 bridgehead atoms. The quantitative estimate of drug-likeness (QED) is 0.512. The summed E-state index contributed by atoms with van der Waals surface area (Å²) in [6, 6.07) is 5.75. The summed E-state index contributed by atoms with van der Waals surface area (Å²) in [6.07, 6.45) is -5.95. The van der Waals surface area contributed by atoms with Gasteiger partial charge in [-0.1, -0.05) is 6.07 Å². The topological polar surface area (TPSA) is 102 Å². The van der Waals surface area contributed by atoms with E-state index in [4.69, 9.17) is 5.73 Å². The second-order valence-corrected chi connectivity index (χ2v) is 10.7. The van der Waals surface area contributed by atoms with Crippen LogP contribution < -0.4 is 5.73 Å². The molecule has 0 amide bonds. The normalized spacial score (nSPS) is 24.9. The van der Waals surface area contributed by atoms with E-state index in [1.165, 1.54) is 25.1 Å². The van der Waals surface area contributed by atoms with Gasteiger partial charge >= 0.3 is 6.18 Å². The first-order valence-electron chi connectivity index (χ1n) is 9.65. The number of halogens is 5. The van der Waals surface area contributed by atoms with Crippen molar-refractivity contribution >= 4 is 21.5 Å². The minimum atomic E-state index is -4.82. The largest absolute Gasteiger partial charge is 0.391 e. The van der Waals surface area contributed by atoms with Crippen molar-refractivity contribution in [2.75, 3.05) is 5.75 Å². The van der Waals surface area contributed by atoms with Crippen molar-refractivity contribution < 1.29 is 35.2 Å². The molecule has 0 saturated carbocycles. The molecule has 1 aliphatic heterocycles. The molecule has 6 nitrogen and oxygen atoms in total. The summed E-state index contributed by atoms with van der Waals surface area (Å²) < 4.78 is 90.1. The zero-order valence-electron chi connectivity index (χ0n) is 17.6. The maximum absolute atomic E-state index is 14.7. The van der Waals surface area contributed by atoms with Gasteiger partial charge in [-0.3, -0.25) is 14.8 Å². The van der Waals surface area contributed by atoms with E-state index in [-0.39, 0.29) is 23.2 Å². The summed E-state index contributed by atoms with van der Waals surface area (Å²) >= 11 is 0. The highest BCUT2D eigenvalue weighted by Gasteiger charge is 2.56. The van der Waals surface area contributed by atoms with Gasteiger partial charge < -0.3 is 5.73 Å². The van der Waals surface area contributed by atoms with E-state index in [1.807, 2.05) is 0 Å². The monoisotopic (exact) mass is 489 g/mol. The van der Waals surface area contributed by atoms with E-state index < -0.39 is 61.7 Å². The molecule has 2 heterocycles. The van der Waals surface area contributed by atoms with E-state index in [1.54, 1.807) is 0 Å². The van der Waals surface area contributed by atoms with Gasteiger partial charge in [0.2, 0.25) is 0 Å². The molecule has 2 atom stereocenters. The first-order valence-corrected chi connectivity index (χ1v) is 11.3. The van der Waals surface area contributed by atoms with Gasteiger partial charge in [-0.05, 0) is 43.7 Å². The fourth-order valence-electron chi connectivity index (χ4n) is 3.74. The summed E-state index contributed by atoms with van der Waals surface area (Å²) in [6.45, 7) is 2.09. The van der Waals surface area contributed by atoms with Crippen molar-refractivity contribution in [2.45, 2.75) is 43.2 Å². The van der Waals surface area contributed by atoms with Gasteiger partial charge in [0.05, 0.1) is 18.4 Å². The lowest BCUT2D eigenvalue weighted by molar-refractivity contribution is -0.137. The van der Waals surface area contributed by atoms with Crippen LogP contribution in [0, 0.1) is 11.6 Å². The molecule has 1 aromatic heterocycles. The van der Waals surface area contributed by atoms with E-state index in [0.717, 1.165) is 25.3 Å². The standard InChI is InChI=1S/C21H20F5N3O3S/c1-19(11-33(31,32)20(2,18(27)29-19)10-21(24,25)26)14-7-12(3-5-15(14)23)8-17(30)16-6-4-13(22)9-28-16/h3-7,9H,8,10-11H2,1-2H3,(H2,27,29)/t19-,20+/m0/s1. The molecule has 3 rings (SSSR count). The number of aromatic nitrogens is 1. The number of rotatable bonds is 5. The highest BCUT2D eigenvalue weighted by Crippen LogP contribution is 2.42. The van der Waals surface area contributed by atoms with Crippen LogP contribution in [0.5, 0.6) is 0 Å². The first kappa shape index (κ1) is 24.7. The van der Waals surface area contributed by atoms with Crippen molar-refractivity contribution in [1.82, 2.24) is 4.98 Å². The average molecular weight is 489 g/mol. The SMILES string of the molecule is C[C@@]1(c2cc(CC(=O)c3ccc(F)cn3)ccc2F)CS(=O)(=O)[C@](C)(CC(F)(F)F)C(N)=N1. The van der Waals surface area contributed by atoms with Crippen LogP contribution in [0.1, 0.15) is 41.9 Å². The predicted octanol–water partition coefficient (Wildman–Crippen LogP) is 3.50. The highest BCUT2D eigenvalue weighted by atomic mass is 32.2. The van der Waals surface area contributed by atoms with Gasteiger partial charge in [-0.2, -0.15) is 13.2 Å². The molecule has 2 N–H and O–H groups in total. The number of carbonyl (C=O) groups excluding carboxylic acids is 1. The second kappa shape index (κ2) is 8.15. The number of nitrogens with zero attached hydrogens (tertiary/aromatic N) is 2. The summed E-state index contributed by atoms with van der Waals surface area (Å²) in [5, 5.41) is 0. The van der Waals surface area contributed by atoms with Crippen LogP contribution in [0.2, 0.25) is 0 Å². The molecule has 0 spiro atoms. The van der Waals surface area contributed by atoms with E-state index in [0.29, 0.717) is 0 Å². The minimum absolute atomic E-state index is 0.0288. The lowest BCUT2D eigenvalue weighted by atomic mass is 9.90. The Hall–Kier alpha value is -2.89. The third-order valence-electron chi connectivity index (χ3n) is 5.59.